The van der Waals surface area contributed by atoms with Crippen LogP contribution in [0.2, 0.25) is 0 Å². The molecule has 0 N–H and O–H groups in total. The molecule has 3 heterocycles. The molecule has 7 nitrogen and oxygen atoms in total. The van der Waals surface area contributed by atoms with Crippen molar-refractivity contribution in [2.24, 2.45) is 0 Å². The minimum absolute atomic E-state index is 0.0313. The Labute approximate surface area is 164 Å². The van der Waals surface area contributed by atoms with Gasteiger partial charge in [-0.3, -0.25) is 9.59 Å². The van der Waals surface area contributed by atoms with E-state index < -0.39 is 5.54 Å². The Hall–Kier alpha value is -2.80. The second-order valence-electron chi connectivity index (χ2n) is 7.49. The topological polar surface area (TPSA) is 75.6 Å². The van der Waals surface area contributed by atoms with Crippen molar-refractivity contribution >= 4 is 11.8 Å². The molecule has 2 aliphatic heterocycles. The fourth-order valence-electron chi connectivity index (χ4n) is 4.40. The molecule has 2 saturated heterocycles. The maximum absolute atomic E-state index is 13.1. The monoisotopic (exact) mass is 380 g/mol. The van der Waals surface area contributed by atoms with Crippen molar-refractivity contribution in [3.63, 3.8) is 0 Å². The molecule has 2 aromatic rings. The van der Waals surface area contributed by atoms with Crippen LogP contribution in [0.4, 0.5) is 0 Å². The van der Waals surface area contributed by atoms with Gasteiger partial charge in [0.05, 0.1) is 5.54 Å². The van der Waals surface area contributed by atoms with Crippen LogP contribution < -0.4 is 0 Å². The first-order chi connectivity index (χ1) is 13.4. The van der Waals surface area contributed by atoms with Gasteiger partial charge in [0.15, 0.2) is 0 Å². The molecule has 0 saturated carbocycles. The Morgan fingerprint density at radius 2 is 1.96 bits per heavy atom. The zero-order valence-electron chi connectivity index (χ0n) is 16.4. The summed E-state index contributed by atoms with van der Waals surface area (Å²) in [5.41, 5.74) is 1.64. The maximum Gasteiger partial charge on any atom is 0.272 e. The summed E-state index contributed by atoms with van der Waals surface area (Å²) in [7, 11) is 1.83. The van der Waals surface area contributed by atoms with E-state index in [2.05, 4.69) is 9.97 Å². The van der Waals surface area contributed by atoms with E-state index in [-0.39, 0.29) is 24.5 Å². The zero-order chi connectivity index (χ0) is 19.9. The minimum atomic E-state index is -0.565. The molecular weight excluding hydrogens is 356 g/mol. The van der Waals surface area contributed by atoms with Crippen molar-refractivity contribution in [2.75, 3.05) is 26.7 Å². The minimum Gasteiger partial charge on any atom is -0.364 e. The number of likely N-dealkylation sites (tertiary alicyclic amines) is 1. The van der Waals surface area contributed by atoms with Gasteiger partial charge in [-0.05, 0) is 31.9 Å². The number of rotatable bonds is 2. The van der Waals surface area contributed by atoms with Gasteiger partial charge in [0.1, 0.15) is 24.2 Å². The highest BCUT2D eigenvalue weighted by atomic mass is 16.5. The average Bonchev–Trinajstić information content (AvgIpc) is 2.70. The van der Waals surface area contributed by atoms with E-state index in [1.54, 1.807) is 22.8 Å². The molecule has 2 aliphatic rings. The van der Waals surface area contributed by atoms with Crippen molar-refractivity contribution in [1.29, 1.82) is 0 Å². The lowest BCUT2D eigenvalue weighted by atomic mass is 9.76. The molecule has 0 unspecified atom stereocenters. The Morgan fingerprint density at radius 1 is 1.21 bits per heavy atom. The van der Waals surface area contributed by atoms with Gasteiger partial charge in [-0.2, -0.15) is 0 Å². The summed E-state index contributed by atoms with van der Waals surface area (Å²) in [5.74, 6) is 0.415. The number of morpholine rings is 1. The zero-order valence-corrected chi connectivity index (χ0v) is 16.4. The molecule has 2 amide bonds. The van der Waals surface area contributed by atoms with Gasteiger partial charge < -0.3 is 14.5 Å². The van der Waals surface area contributed by atoms with Crippen molar-refractivity contribution in [1.82, 2.24) is 19.8 Å². The third-order valence-electron chi connectivity index (χ3n) is 5.81. The van der Waals surface area contributed by atoms with Crippen LogP contribution in [-0.2, 0) is 15.1 Å². The summed E-state index contributed by atoms with van der Waals surface area (Å²) in [6.07, 6.45) is 0.318. The molecule has 2 fully saturated rings. The highest BCUT2D eigenvalue weighted by molar-refractivity contribution is 5.92. The number of benzene rings is 1. The first-order valence-corrected chi connectivity index (χ1v) is 9.47. The van der Waals surface area contributed by atoms with Crippen LogP contribution in [0.25, 0.3) is 0 Å². The standard InChI is InChI=1S/C21H24N4O3/c1-14-11-17(23-15(2)22-14)20(27)25-10-9-21(16-7-5-4-6-8-16)18(12-25)28-13-19(26)24(21)3/h4-8,11,18H,9-10,12-13H2,1-3H3/t18-,21+/m1/s1. The van der Waals surface area contributed by atoms with Crippen molar-refractivity contribution in [3.05, 3.63) is 59.2 Å². The van der Waals surface area contributed by atoms with E-state index in [9.17, 15) is 9.59 Å². The molecule has 7 heteroatoms. The number of carbonyl (C=O) groups excluding carboxylic acids is 2. The predicted octanol–water partition coefficient (Wildman–Crippen LogP) is 1.69. The Bertz CT molecular complexity index is 897. The number of aromatic nitrogens is 2. The summed E-state index contributed by atoms with van der Waals surface area (Å²) in [5, 5.41) is 0. The third kappa shape index (κ3) is 2.96. The molecule has 2 atom stereocenters. The van der Waals surface area contributed by atoms with E-state index in [1.165, 1.54) is 0 Å². The van der Waals surface area contributed by atoms with Crippen molar-refractivity contribution in [3.8, 4) is 0 Å². The van der Waals surface area contributed by atoms with Gasteiger partial charge in [-0.25, -0.2) is 9.97 Å². The second-order valence-corrected chi connectivity index (χ2v) is 7.49. The van der Waals surface area contributed by atoms with Crippen LogP contribution in [-0.4, -0.2) is 64.4 Å². The van der Waals surface area contributed by atoms with Gasteiger partial charge in [0.2, 0.25) is 5.91 Å². The number of likely N-dealkylation sites (N-methyl/N-ethyl adjacent to an activating group) is 1. The van der Waals surface area contributed by atoms with Gasteiger partial charge >= 0.3 is 0 Å². The highest BCUT2D eigenvalue weighted by Gasteiger charge is 2.53. The fraction of sp³-hybridized carbons (Fsp3) is 0.429. The number of hydrogen-bond donors (Lipinski definition) is 0. The molecule has 0 spiro atoms. The Balaban J connectivity index is 1.65. The van der Waals surface area contributed by atoms with Crippen LogP contribution in [0.3, 0.4) is 0 Å². The van der Waals surface area contributed by atoms with Crippen LogP contribution in [0.1, 0.15) is 34.0 Å². The normalized spacial score (nSPS) is 24.8. The number of fused-ring (bicyclic) bond motifs is 1. The van der Waals surface area contributed by atoms with Crippen LogP contribution in [0, 0.1) is 13.8 Å². The van der Waals surface area contributed by atoms with Crippen LogP contribution >= 0.6 is 0 Å². The summed E-state index contributed by atoms with van der Waals surface area (Å²) in [6.45, 7) is 4.60. The van der Waals surface area contributed by atoms with E-state index in [4.69, 9.17) is 4.74 Å². The molecule has 1 aromatic carbocycles. The van der Waals surface area contributed by atoms with Gasteiger partial charge in [0.25, 0.3) is 5.91 Å². The second kappa shape index (κ2) is 6.98. The first-order valence-electron chi connectivity index (χ1n) is 9.47. The molecular formula is C21H24N4O3. The van der Waals surface area contributed by atoms with Crippen molar-refractivity contribution in [2.45, 2.75) is 31.9 Å². The Kier molecular flexibility index (Phi) is 4.63. The molecule has 1 aromatic heterocycles. The van der Waals surface area contributed by atoms with E-state index >= 15 is 0 Å². The fourth-order valence-corrected chi connectivity index (χ4v) is 4.40. The van der Waals surface area contributed by atoms with Crippen LogP contribution in [0.15, 0.2) is 36.4 Å². The van der Waals surface area contributed by atoms with Gasteiger partial charge in [0, 0.05) is 25.8 Å². The summed E-state index contributed by atoms with van der Waals surface area (Å²) in [6, 6.07) is 11.7. The lowest BCUT2D eigenvalue weighted by Crippen LogP contribution is -2.67. The van der Waals surface area contributed by atoms with E-state index in [0.717, 1.165) is 11.3 Å². The number of ether oxygens (including phenoxy) is 1. The highest BCUT2D eigenvalue weighted by Crippen LogP contribution is 2.42. The predicted molar refractivity (Wildman–Crippen MR) is 103 cm³/mol. The largest absolute Gasteiger partial charge is 0.364 e. The number of carbonyl (C=O) groups is 2. The van der Waals surface area contributed by atoms with Crippen molar-refractivity contribution < 1.29 is 14.3 Å². The summed E-state index contributed by atoms with van der Waals surface area (Å²) >= 11 is 0. The lowest BCUT2D eigenvalue weighted by molar-refractivity contribution is -0.180. The van der Waals surface area contributed by atoms with Gasteiger partial charge in [-0.1, -0.05) is 30.3 Å². The molecule has 0 bridgehead atoms. The smallest absolute Gasteiger partial charge is 0.272 e. The Morgan fingerprint density at radius 3 is 2.68 bits per heavy atom. The lowest BCUT2D eigenvalue weighted by Gasteiger charge is -2.54. The van der Waals surface area contributed by atoms with Gasteiger partial charge in [-0.15, -0.1) is 0 Å². The number of nitrogens with zero attached hydrogens (tertiary/aromatic N) is 4. The molecule has 4 rings (SSSR count). The van der Waals surface area contributed by atoms with E-state index in [0.29, 0.717) is 31.0 Å². The molecule has 0 aliphatic carbocycles. The number of piperidine rings is 1. The van der Waals surface area contributed by atoms with E-state index in [1.807, 2.05) is 44.3 Å². The maximum atomic E-state index is 13.1. The SMILES string of the molecule is Cc1cc(C(=O)N2CC[C@]3(c4ccccc4)[C@@H](C2)OCC(=O)N3C)nc(C)n1. The summed E-state index contributed by atoms with van der Waals surface area (Å²) in [4.78, 5) is 37.6. The number of hydrogen-bond acceptors (Lipinski definition) is 5. The van der Waals surface area contributed by atoms with Crippen LogP contribution in [0.5, 0.6) is 0 Å². The molecule has 28 heavy (non-hydrogen) atoms. The molecule has 0 radical (unpaired) electrons. The summed E-state index contributed by atoms with van der Waals surface area (Å²) < 4.78 is 5.97. The molecule has 146 valence electrons. The number of amides is 2. The quantitative estimate of drug-likeness (QED) is 0.793. The average molecular weight is 380 g/mol. The first kappa shape index (κ1) is 18.6. The third-order valence-corrected chi connectivity index (χ3v) is 5.81. The number of aryl methyl sites for hydroxylation is 2.